The van der Waals surface area contributed by atoms with Crippen LogP contribution in [0.4, 0.5) is 0 Å². The molecule has 0 aromatic heterocycles. The molecule has 0 saturated heterocycles. The van der Waals surface area contributed by atoms with Crippen LogP contribution in [0.3, 0.4) is 0 Å². The second-order valence-electron chi connectivity index (χ2n) is 11.7. The van der Waals surface area contributed by atoms with Crippen LogP contribution < -0.4 is 0 Å². The summed E-state index contributed by atoms with van der Waals surface area (Å²) in [4.78, 5) is 24.3. The topological polar surface area (TPSA) is 43.4 Å². The van der Waals surface area contributed by atoms with E-state index in [1.807, 2.05) is 19.1 Å². The van der Waals surface area contributed by atoms with Crippen LogP contribution >= 0.6 is 0 Å². The van der Waals surface area contributed by atoms with Gasteiger partial charge in [0, 0.05) is 17.4 Å². The largest absolute Gasteiger partial charge is 0.458 e. The molecule has 3 fully saturated rings. The second-order valence-corrected chi connectivity index (χ2v) is 11.7. The molecule has 0 radical (unpaired) electrons. The Bertz CT molecular complexity index is 907. The first-order valence-corrected chi connectivity index (χ1v) is 12.5. The number of ether oxygens (including phenoxy) is 1. The summed E-state index contributed by atoms with van der Waals surface area (Å²) in [7, 11) is 0. The highest BCUT2D eigenvalue weighted by molar-refractivity contribution is 6.01. The molecule has 4 aliphatic carbocycles. The highest BCUT2D eigenvalue weighted by Crippen LogP contribution is 2.67. The predicted molar refractivity (Wildman–Crippen MR) is 122 cm³/mol. The van der Waals surface area contributed by atoms with Crippen molar-refractivity contribution in [2.45, 2.75) is 85.7 Å². The first-order chi connectivity index (χ1) is 14.6. The average Bonchev–Trinajstić information content (AvgIpc) is 3.08. The molecule has 5 aliphatic rings. The van der Waals surface area contributed by atoms with E-state index in [2.05, 4.69) is 33.8 Å². The monoisotopic (exact) mass is 422 g/mol. The van der Waals surface area contributed by atoms with Gasteiger partial charge in [-0.3, -0.25) is 4.79 Å². The number of ketones is 1. The number of hydrogen-bond acceptors (Lipinski definition) is 3. The van der Waals surface area contributed by atoms with Gasteiger partial charge in [0.05, 0.1) is 0 Å². The first kappa shape index (κ1) is 21.2. The van der Waals surface area contributed by atoms with E-state index in [1.165, 1.54) is 43.3 Å². The molecule has 1 heterocycles. The molecule has 0 aromatic rings. The first-order valence-electron chi connectivity index (χ1n) is 12.5. The Morgan fingerprint density at radius 2 is 1.84 bits per heavy atom. The number of rotatable bonds is 2. The Labute approximate surface area is 187 Å². The Balaban J connectivity index is 1.38. The summed E-state index contributed by atoms with van der Waals surface area (Å²) in [6.07, 6.45) is 14.3. The molecule has 1 aliphatic heterocycles. The van der Waals surface area contributed by atoms with Crippen molar-refractivity contribution in [2.24, 2.45) is 40.4 Å². The number of carbonyl (C=O) groups is 2. The summed E-state index contributed by atoms with van der Waals surface area (Å²) in [5, 5.41) is 0. The Morgan fingerprint density at radius 3 is 2.58 bits per heavy atom. The smallest absolute Gasteiger partial charge is 0.333 e. The van der Waals surface area contributed by atoms with Crippen molar-refractivity contribution >= 4 is 11.8 Å². The van der Waals surface area contributed by atoms with Gasteiger partial charge < -0.3 is 4.74 Å². The van der Waals surface area contributed by atoms with Crippen molar-refractivity contribution in [3.8, 4) is 0 Å². The van der Waals surface area contributed by atoms with E-state index in [1.54, 1.807) is 0 Å². The van der Waals surface area contributed by atoms with Crippen LogP contribution in [0.2, 0.25) is 0 Å². The molecule has 31 heavy (non-hydrogen) atoms. The molecule has 4 unspecified atom stereocenters. The van der Waals surface area contributed by atoms with Crippen molar-refractivity contribution in [3.05, 3.63) is 34.9 Å². The lowest BCUT2D eigenvalue weighted by molar-refractivity contribution is -0.151. The van der Waals surface area contributed by atoms with Crippen LogP contribution in [0, 0.1) is 40.4 Å². The summed E-state index contributed by atoms with van der Waals surface area (Å²) in [6.45, 7) is 11.3. The zero-order valence-electron chi connectivity index (χ0n) is 19.9. The highest BCUT2D eigenvalue weighted by Gasteiger charge is 2.59. The molecule has 3 nitrogen and oxygen atoms in total. The molecule has 0 N–H and O–H groups in total. The lowest BCUT2D eigenvalue weighted by Crippen LogP contribution is -2.51. The second kappa shape index (κ2) is 7.18. The fraction of sp³-hybridized carbons (Fsp3) is 0.714. The van der Waals surface area contributed by atoms with Crippen LogP contribution in [0.1, 0.15) is 79.6 Å². The Hall–Kier alpha value is -1.64. The van der Waals surface area contributed by atoms with Crippen molar-refractivity contribution < 1.29 is 14.3 Å². The summed E-state index contributed by atoms with van der Waals surface area (Å²) in [5.74, 6) is 3.24. The van der Waals surface area contributed by atoms with Gasteiger partial charge in [-0.15, -0.1) is 0 Å². The maximum atomic E-state index is 12.4. The predicted octanol–water partition coefficient (Wildman–Crippen LogP) is 6.20. The van der Waals surface area contributed by atoms with Gasteiger partial charge in [-0.2, -0.15) is 0 Å². The molecule has 0 spiro atoms. The van der Waals surface area contributed by atoms with Crippen molar-refractivity contribution in [2.75, 3.05) is 0 Å². The number of carbonyl (C=O) groups excluding carboxylic acids is 2. The van der Waals surface area contributed by atoms with Gasteiger partial charge in [-0.05, 0) is 99.5 Å². The summed E-state index contributed by atoms with van der Waals surface area (Å²) >= 11 is 0. The van der Waals surface area contributed by atoms with Crippen LogP contribution in [-0.2, 0) is 14.3 Å². The number of hydrogen-bond donors (Lipinski definition) is 0. The molecule has 5 rings (SSSR count). The minimum atomic E-state index is -0.109. The van der Waals surface area contributed by atoms with E-state index < -0.39 is 0 Å². The molecule has 3 heteroatoms. The average molecular weight is 423 g/mol. The fourth-order valence-corrected chi connectivity index (χ4v) is 8.55. The normalized spacial score (nSPS) is 45.5. The molecule has 8 atom stereocenters. The highest BCUT2D eigenvalue weighted by atomic mass is 16.5. The van der Waals surface area contributed by atoms with Gasteiger partial charge in [-0.1, -0.05) is 38.0 Å². The molecule has 0 aromatic carbocycles. The van der Waals surface area contributed by atoms with Gasteiger partial charge in [0.1, 0.15) is 6.10 Å². The van der Waals surface area contributed by atoms with Crippen molar-refractivity contribution in [3.63, 3.8) is 0 Å². The lowest BCUT2D eigenvalue weighted by Gasteiger charge is -2.57. The molecular formula is C28H38O3. The molecule has 0 amide bonds. The lowest BCUT2D eigenvalue weighted by atomic mass is 9.47. The molecular weight excluding hydrogens is 384 g/mol. The van der Waals surface area contributed by atoms with Crippen LogP contribution in [0.15, 0.2) is 34.9 Å². The molecule has 168 valence electrons. The zero-order valence-corrected chi connectivity index (χ0v) is 19.9. The maximum Gasteiger partial charge on any atom is 0.333 e. The summed E-state index contributed by atoms with van der Waals surface area (Å²) < 4.78 is 5.93. The van der Waals surface area contributed by atoms with Gasteiger partial charge in [0.15, 0.2) is 5.78 Å². The van der Waals surface area contributed by atoms with Gasteiger partial charge in [0.2, 0.25) is 0 Å². The Kier molecular flexibility index (Phi) is 4.92. The number of fused-ring (bicyclic) bond motifs is 5. The summed E-state index contributed by atoms with van der Waals surface area (Å²) in [6, 6.07) is 0. The molecule has 3 saturated carbocycles. The number of allylic oxidation sites excluding steroid dienone is 4. The van der Waals surface area contributed by atoms with Crippen LogP contribution in [0.5, 0.6) is 0 Å². The van der Waals surface area contributed by atoms with E-state index in [0.717, 1.165) is 30.3 Å². The van der Waals surface area contributed by atoms with E-state index in [0.29, 0.717) is 23.2 Å². The quantitative estimate of drug-likeness (QED) is 0.498. The summed E-state index contributed by atoms with van der Waals surface area (Å²) in [5.41, 5.74) is 3.79. The van der Waals surface area contributed by atoms with Crippen LogP contribution in [0.25, 0.3) is 0 Å². The van der Waals surface area contributed by atoms with Gasteiger partial charge >= 0.3 is 5.97 Å². The van der Waals surface area contributed by atoms with Crippen LogP contribution in [-0.4, -0.2) is 17.9 Å². The third-order valence-corrected chi connectivity index (χ3v) is 10.6. The number of esters is 1. The maximum absolute atomic E-state index is 12.4. The van der Waals surface area contributed by atoms with E-state index in [4.69, 9.17) is 4.74 Å². The van der Waals surface area contributed by atoms with Gasteiger partial charge in [0.25, 0.3) is 0 Å². The standard InChI is InChI=1S/C28H38O3/c1-16-14-25(31-26(30)17(16)2)18(3)22-8-9-23-21-7-6-19-15-20(29)10-12-27(19,4)24(21)11-13-28(22,23)5/h10,12,15,18,21-25H,6-9,11,13-14H2,1-5H3/t18-,21?,22+,23?,24?,25?,27-,28+/m0/s1. The molecule has 0 bridgehead atoms. The third-order valence-electron chi connectivity index (χ3n) is 10.6. The van der Waals surface area contributed by atoms with Crippen molar-refractivity contribution in [1.82, 2.24) is 0 Å². The zero-order chi connectivity index (χ0) is 22.1. The minimum Gasteiger partial charge on any atom is -0.458 e. The van der Waals surface area contributed by atoms with Crippen molar-refractivity contribution in [1.29, 1.82) is 0 Å². The SMILES string of the molecule is CC1=C(C)C(=O)OC([C@@H](C)[C@H]2CCC3C4CCC5=CC(=O)C=C[C@]5(C)C4CC[C@@]32C)C1. The Morgan fingerprint density at radius 1 is 1.06 bits per heavy atom. The number of cyclic esters (lactones) is 1. The van der Waals surface area contributed by atoms with Gasteiger partial charge in [-0.25, -0.2) is 4.79 Å². The third kappa shape index (κ3) is 3.05. The minimum absolute atomic E-state index is 0.0280. The van der Waals surface area contributed by atoms with E-state index in [9.17, 15) is 9.59 Å². The fourth-order valence-electron chi connectivity index (χ4n) is 8.55. The van der Waals surface area contributed by atoms with E-state index in [-0.39, 0.29) is 23.3 Å². The van der Waals surface area contributed by atoms with E-state index >= 15 is 0 Å².